The average molecular weight is 443 g/mol. The van der Waals surface area contributed by atoms with Crippen molar-refractivity contribution in [2.75, 3.05) is 22.1 Å². The third-order valence-corrected chi connectivity index (χ3v) is 5.99. The molecule has 0 aromatic heterocycles. The summed E-state index contributed by atoms with van der Waals surface area (Å²) in [6, 6.07) is 11.3. The van der Waals surface area contributed by atoms with Crippen LogP contribution in [-0.4, -0.2) is 34.4 Å². The number of carbonyl (C=O) groups is 1. The molecule has 0 heterocycles. The average Bonchev–Trinajstić information content (AvgIpc) is 2.64. The maximum absolute atomic E-state index is 12.4. The number of benzene rings is 2. The number of carbonyl (C=O) groups excluding carboxylic acids is 1. The Morgan fingerprint density at radius 3 is 1.69 bits per heavy atom. The summed E-state index contributed by atoms with van der Waals surface area (Å²) in [7, 11) is -7.57. The predicted octanol–water partition coefficient (Wildman–Crippen LogP) is 3.18. The summed E-state index contributed by atoms with van der Waals surface area (Å²) < 4.78 is 57.3. The Morgan fingerprint density at radius 1 is 0.793 bits per heavy atom. The smallest absolute Gasteiger partial charge is 0.323 e. The highest BCUT2D eigenvalue weighted by Gasteiger charge is 2.17. The number of amides is 2. The van der Waals surface area contributed by atoms with Gasteiger partial charge < -0.3 is 19.0 Å². The van der Waals surface area contributed by atoms with Crippen LogP contribution in [0.15, 0.2) is 48.5 Å². The SMILES string of the molecule is CCCS(=O)(=O)Oc1ccccc1NC(=O)Nc1ccccc1OS(=O)(=O)CC. The number of hydrogen-bond acceptors (Lipinski definition) is 7. The fourth-order valence-electron chi connectivity index (χ4n) is 2.19. The molecule has 2 rings (SSSR count). The number of urea groups is 1. The van der Waals surface area contributed by atoms with E-state index in [4.69, 9.17) is 8.37 Å². The van der Waals surface area contributed by atoms with Crippen molar-refractivity contribution in [1.82, 2.24) is 0 Å². The molecule has 0 atom stereocenters. The number of para-hydroxylation sites is 4. The highest BCUT2D eigenvalue weighted by atomic mass is 32.2. The van der Waals surface area contributed by atoms with Crippen molar-refractivity contribution in [3.63, 3.8) is 0 Å². The van der Waals surface area contributed by atoms with Crippen LogP contribution in [0.3, 0.4) is 0 Å². The van der Waals surface area contributed by atoms with Gasteiger partial charge in [0.2, 0.25) is 0 Å². The van der Waals surface area contributed by atoms with Gasteiger partial charge in [-0.05, 0) is 37.6 Å². The van der Waals surface area contributed by atoms with Gasteiger partial charge in [-0.2, -0.15) is 16.8 Å². The van der Waals surface area contributed by atoms with E-state index in [0.29, 0.717) is 6.42 Å². The van der Waals surface area contributed by atoms with E-state index in [9.17, 15) is 21.6 Å². The van der Waals surface area contributed by atoms with Gasteiger partial charge in [-0.15, -0.1) is 0 Å². The van der Waals surface area contributed by atoms with Crippen LogP contribution in [0.2, 0.25) is 0 Å². The highest BCUT2D eigenvalue weighted by Crippen LogP contribution is 2.28. The van der Waals surface area contributed by atoms with Gasteiger partial charge in [0.25, 0.3) is 0 Å². The van der Waals surface area contributed by atoms with E-state index in [2.05, 4.69) is 10.6 Å². The van der Waals surface area contributed by atoms with E-state index in [1.165, 1.54) is 31.2 Å². The molecule has 2 N–H and O–H groups in total. The zero-order chi connectivity index (χ0) is 21.5. The van der Waals surface area contributed by atoms with Gasteiger partial charge in [-0.1, -0.05) is 31.2 Å². The van der Waals surface area contributed by atoms with Gasteiger partial charge in [0, 0.05) is 0 Å². The molecule has 0 bridgehead atoms. The molecule has 158 valence electrons. The molecule has 0 unspecified atom stereocenters. The molecule has 0 spiro atoms. The first-order valence-corrected chi connectivity index (χ1v) is 11.9. The Kier molecular flexibility index (Phi) is 7.46. The van der Waals surface area contributed by atoms with Crippen molar-refractivity contribution < 1.29 is 30.0 Å². The van der Waals surface area contributed by atoms with E-state index < -0.39 is 26.3 Å². The second-order valence-corrected chi connectivity index (χ2v) is 9.40. The van der Waals surface area contributed by atoms with E-state index in [0.717, 1.165) is 0 Å². The first kappa shape index (κ1) is 22.5. The first-order valence-electron chi connectivity index (χ1n) is 8.76. The van der Waals surface area contributed by atoms with Crippen LogP contribution in [0.4, 0.5) is 16.2 Å². The Hall–Kier alpha value is -2.79. The maximum Gasteiger partial charge on any atom is 0.323 e. The summed E-state index contributed by atoms with van der Waals surface area (Å²) in [5.74, 6) is -0.469. The lowest BCUT2D eigenvalue weighted by Gasteiger charge is -2.14. The lowest BCUT2D eigenvalue weighted by atomic mass is 10.3. The van der Waals surface area contributed by atoms with Crippen LogP contribution in [0.5, 0.6) is 11.5 Å². The van der Waals surface area contributed by atoms with Crippen molar-refractivity contribution in [3.8, 4) is 11.5 Å². The molecule has 0 radical (unpaired) electrons. The van der Waals surface area contributed by atoms with E-state index in [-0.39, 0.29) is 34.4 Å². The van der Waals surface area contributed by atoms with Gasteiger partial charge in [0.15, 0.2) is 11.5 Å². The van der Waals surface area contributed by atoms with E-state index in [1.54, 1.807) is 31.2 Å². The number of nitrogens with one attached hydrogen (secondary N) is 2. The monoisotopic (exact) mass is 442 g/mol. The third-order valence-electron chi connectivity index (χ3n) is 3.51. The summed E-state index contributed by atoms with van der Waals surface area (Å²) in [6.45, 7) is 3.14. The molecule has 0 saturated carbocycles. The molecule has 0 aliphatic carbocycles. The second-order valence-electron chi connectivity index (χ2n) is 5.85. The first-order chi connectivity index (χ1) is 13.7. The number of rotatable bonds is 9. The molecule has 0 aliphatic rings. The fourth-order valence-corrected chi connectivity index (χ4v) is 3.72. The van der Waals surface area contributed by atoms with E-state index in [1.807, 2.05) is 0 Å². The summed E-state index contributed by atoms with van der Waals surface area (Å²) in [5, 5.41) is 4.96. The van der Waals surface area contributed by atoms with Crippen LogP contribution < -0.4 is 19.0 Å². The molecule has 0 aliphatic heterocycles. The maximum atomic E-state index is 12.4. The van der Waals surface area contributed by atoms with Crippen LogP contribution in [0.1, 0.15) is 20.3 Å². The predicted molar refractivity (Wildman–Crippen MR) is 110 cm³/mol. The second kappa shape index (κ2) is 9.61. The zero-order valence-electron chi connectivity index (χ0n) is 15.9. The Labute approximate surface area is 170 Å². The normalized spacial score (nSPS) is 11.5. The van der Waals surface area contributed by atoms with Crippen molar-refractivity contribution >= 4 is 37.6 Å². The van der Waals surface area contributed by atoms with Crippen LogP contribution >= 0.6 is 0 Å². The molecule has 29 heavy (non-hydrogen) atoms. The third kappa shape index (κ3) is 6.95. The topological polar surface area (TPSA) is 128 Å². The summed E-state index contributed by atoms with van der Waals surface area (Å²) >= 11 is 0. The van der Waals surface area contributed by atoms with Crippen molar-refractivity contribution in [3.05, 3.63) is 48.5 Å². The van der Waals surface area contributed by atoms with Gasteiger partial charge in [0.1, 0.15) is 0 Å². The van der Waals surface area contributed by atoms with E-state index >= 15 is 0 Å². The molecule has 2 amide bonds. The van der Waals surface area contributed by atoms with Gasteiger partial charge in [0.05, 0.1) is 22.9 Å². The highest BCUT2D eigenvalue weighted by molar-refractivity contribution is 7.87. The number of hydrogen-bond donors (Lipinski definition) is 2. The molecule has 2 aromatic rings. The van der Waals surface area contributed by atoms with Gasteiger partial charge >= 0.3 is 26.3 Å². The van der Waals surface area contributed by atoms with Gasteiger partial charge in [-0.3, -0.25) is 0 Å². The minimum absolute atomic E-state index is 0.0332. The Bertz CT molecular complexity index is 1070. The lowest BCUT2D eigenvalue weighted by Crippen LogP contribution is -2.22. The minimum atomic E-state index is -3.79. The molecule has 0 fully saturated rings. The summed E-state index contributed by atoms with van der Waals surface area (Å²) in [5.41, 5.74) is 0.253. The Morgan fingerprint density at radius 2 is 1.24 bits per heavy atom. The fraction of sp³-hybridized carbons (Fsp3) is 0.278. The standard InChI is InChI=1S/C18H22N2O7S2/c1-3-13-29(24,25)27-17-12-8-6-10-15(17)20-18(21)19-14-9-5-7-11-16(14)26-28(22,23)4-2/h5-12H,3-4,13H2,1-2H3,(H2,19,20,21). The molecule has 2 aromatic carbocycles. The summed E-state index contributed by atoms with van der Waals surface area (Å²) in [6.07, 6.45) is 0.385. The lowest BCUT2D eigenvalue weighted by molar-refractivity contribution is 0.262. The van der Waals surface area contributed by atoms with Crippen molar-refractivity contribution in [1.29, 1.82) is 0 Å². The van der Waals surface area contributed by atoms with Crippen molar-refractivity contribution in [2.45, 2.75) is 20.3 Å². The molecule has 0 saturated heterocycles. The van der Waals surface area contributed by atoms with Gasteiger partial charge in [-0.25, -0.2) is 4.79 Å². The minimum Gasteiger partial charge on any atom is -0.380 e. The largest absolute Gasteiger partial charge is 0.380 e. The summed E-state index contributed by atoms with van der Waals surface area (Å²) in [4.78, 5) is 12.4. The van der Waals surface area contributed by atoms with Crippen LogP contribution in [-0.2, 0) is 20.2 Å². The van der Waals surface area contributed by atoms with Crippen LogP contribution in [0.25, 0.3) is 0 Å². The molecule has 11 heteroatoms. The van der Waals surface area contributed by atoms with Crippen molar-refractivity contribution in [2.24, 2.45) is 0 Å². The quantitative estimate of drug-likeness (QED) is 0.571. The molecular weight excluding hydrogens is 420 g/mol. The zero-order valence-corrected chi connectivity index (χ0v) is 17.5. The Balaban J connectivity index is 2.17. The van der Waals surface area contributed by atoms with Crippen LogP contribution in [0, 0.1) is 0 Å². The molecular formula is C18H22N2O7S2. The molecule has 9 nitrogen and oxygen atoms in total. The number of anilines is 2.